The highest BCUT2D eigenvalue weighted by Gasteiger charge is 2.12. The van der Waals surface area contributed by atoms with E-state index in [1.165, 1.54) is 0 Å². The summed E-state index contributed by atoms with van der Waals surface area (Å²) in [7, 11) is 0. The van der Waals surface area contributed by atoms with Gasteiger partial charge < -0.3 is 5.32 Å². The van der Waals surface area contributed by atoms with Crippen molar-refractivity contribution in [2.75, 3.05) is 6.54 Å². The van der Waals surface area contributed by atoms with E-state index in [1.807, 2.05) is 6.08 Å². The second-order valence-corrected chi connectivity index (χ2v) is 2.67. The van der Waals surface area contributed by atoms with E-state index < -0.39 is 0 Å². The van der Waals surface area contributed by atoms with E-state index in [1.54, 1.807) is 0 Å². The Morgan fingerprint density at radius 1 is 1.60 bits per heavy atom. The highest BCUT2D eigenvalue weighted by molar-refractivity contribution is 5.76. The van der Waals surface area contributed by atoms with Gasteiger partial charge in [0.05, 0.1) is 0 Å². The standard InChI is InChI=1S/C8H13NO/c1-2-7-3-4-8(10)9-6-5-7/h2,7H,1,3-6H2,(H,9,10). The summed E-state index contributed by atoms with van der Waals surface area (Å²) in [4.78, 5) is 10.8. The molecule has 0 bridgehead atoms. The van der Waals surface area contributed by atoms with E-state index in [4.69, 9.17) is 0 Å². The first-order valence-electron chi connectivity index (χ1n) is 3.72. The lowest BCUT2D eigenvalue weighted by atomic mass is 10.0. The summed E-state index contributed by atoms with van der Waals surface area (Å²) in [5, 5.41) is 2.82. The van der Waals surface area contributed by atoms with Crippen LogP contribution in [0.5, 0.6) is 0 Å². The van der Waals surface area contributed by atoms with Crippen LogP contribution in [0.4, 0.5) is 0 Å². The predicted octanol–water partition coefficient (Wildman–Crippen LogP) is 1.09. The Morgan fingerprint density at radius 3 is 3.10 bits per heavy atom. The van der Waals surface area contributed by atoms with Gasteiger partial charge >= 0.3 is 0 Å². The molecule has 1 unspecified atom stereocenters. The number of hydrogen-bond acceptors (Lipinski definition) is 1. The van der Waals surface area contributed by atoms with E-state index >= 15 is 0 Å². The first-order chi connectivity index (χ1) is 4.83. The molecule has 0 aromatic rings. The van der Waals surface area contributed by atoms with Crippen molar-refractivity contribution in [2.24, 2.45) is 5.92 Å². The zero-order valence-electron chi connectivity index (χ0n) is 6.10. The van der Waals surface area contributed by atoms with Crippen LogP contribution in [-0.2, 0) is 4.79 Å². The average Bonchev–Trinajstić information content (AvgIpc) is 2.14. The van der Waals surface area contributed by atoms with Gasteiger partial charge in [0, 0.05) is 13.0 Å². The van der Waals surface area contributed by atoms with Crippen LogP contribution in [0.15, 0.2) is 12.7 Å². The minimum Gasteiger partial charge on any atom is -0.356 e. The van der Waals surface area contributed by atoms with Crippen molar-refractivity contribution in [2.45, 2.75) is 19.3 Å². The summed E-state index contributed by atoms with van der Waals surface area (Å²) in [6.07, 6.45) is 4.63. The van der Waals surface area contributed by atoms with Crippen LogP contribution in [0.3, 0.4) is 0 Å². The molecular weight excluding hydrogens is 126 g/mol. The van der Waals surface area contributed by atoms with Crippen molar-refractivity contribution in [3.8, 4) is 0 Å². The number of hydrogen-bond donors (Lipinski definition) is 1. The zero-order chi connectivity index (χ0) is 7.40. The highest BCUT2D eigenvalue weighted by atomic mass is 16.1. The molecule has 1 aliphatic rings. The molecule has 0 aromatic carbocycles. The van der Waals surface area contributed by atoms with Crippen molar-refractivity contribution < 1.29 is 4.79 Å². The average molecular weight is 139 g/mol. The molecule has 2 nitrogen and oxygen atoms in total. The summed E-state index contributed by atoms with van der Waals surface area (Å²) in [6, 6.07) is 0. The normalized spacial score (nSPS) is 26.8. The number of rotatable bonds is 1. The van der Waals surface area contributed by atoms with Crippen LogP contribution in [0.2, 0.25) is 0 Å². The molecule has 0 spiro atoms. The van der Waals surface area contributed by atoms with E-state index in [2.05, 4.69) is 11.9 Å². The lowest BCUT2D eigenvalue weighted by Crippen LogP contribution is -2.21. The van der Waals surface area contributed by atoms with E-state index in [0.717, 1.165) is 19.4 Å². The Bertz CT molecular complexity index is 142. The predicted molar refractivity (Wildman–Crippen MR) is 40.5 cm³/mol. The molecule has 1 heterocycles. The second-order valence-electron chi connectivity index (χ2n) is 2.67. The topological polar surface area (TPSA) is 29.1 Å². The Morgan fingerprint density at radius 2 is 2.40 bits per heavy atom. The van der Waals surface area contributed by atoms with Gasteiger partial charge in [0.15, 0.2) is 0 Å². The van der Waals surface area contributed by atoms with E-state index in [9.17, 15) is 4.79 Å². The molecule has 0 radical (unpaired) electrons. The van der Waals surface area contributed by atoms with Crippen LogP contribution in [0.1, 0.15) is 19.3 Å². The van der Waals surface area contributed by atoms with Crippen molar-refractivity contribution >= 4 is 5.91 Å². The van der Waals surface area contributed by atoms with Crippen LogP contribution < -0.4 is 5.32 Å². The number of amides is 1. The maximum absolute atomic E-state index is 10.8. The van der Waals surface area contributed by atoms with Crippen LogP contribution >= 0.6 is 0 Å². The summed E-state index contributed by atoms with van der Waals surface area (Å²) >= 11 is 0. The molecule has 10 heavy (non-hydrogen) atoms. The lowest BCUT2D eigenvalue weighted by molar-refractivity contribution is -0.120. The number of nitrogens with one attached hydrogen (secondary N) is 1. The van der Waals surface area contributed by atoms with Crippen LogP contribution in [-0.4, -0.2) is 12.5 Å². The third-order valence-electron chi connectivity index (χ3n) is 1.91. The van der Waals surface area contributed by atoms with Crippen LogP contribution in [0.25, 0.3) is 0 Å². The van der Waals surface area contributed by atoms with Crippen LogP contribution in [0, 0.1) is 5.92 Å². The minimum atomic E-state index is 0.185. The SMILES string of the molecule is C=CC1CCNC(=O)CC1. The van der Waals surface area contributed by atoms with Crippen molar-refractivity contribution in [3.63, 3.8) is 0 Å². The first-order valence-corrected chi connectivity index (χ1v) is 3.72. The van der Waals surface area contributed by atoms with Gasteiger partial charge in [-0.1, -0.05) is 6.08 Å². The molecule has 0 aromatic heterocycles. The maximum Gasteiger partial charge on any atom is 0.220 e. The number of carbonyl (C=O) groups is 1. The fourth-order valence-electron chi connectivity index (χ4n) is 1.18. The molecule has 1 saturated heterocycles. The lowest BCUT2D eigenvalue weighted by Gasteiger charge is -2.03. The minimum absolute atomic E-state index is 0.185. The third-order valence-corrected chi connectivity index (χ3v) is 1.91. The molecule has 0 aliphatic carbocycles. The molecule has 1 N–H and O–H groups in total. The summed E-state index contributed by atoms with van der Waals surface area (Å²) in [5.41, 5.74) is 0. The monoisotopic (exact) mass is 139 g/mol. The summed E-state index contributed by atoms with van der Waals surface area (Å²) < 4.78 is 0. The van der Waals surface area contributed by atoms with Gasteiger partial charge in [0.2, 0.25) is 5.91 Å². The fraction of sp³-hybridized carbons (Fsp3) is 0.625. The first kappa shape index (κ1) is 7.32. The smallest absolute Gasteiger partial charge is 0.220 e. The third kappa shape index (κ3) is 1.87. The molecular formula is C8H13NO. The largest absolute Gasteiger partial charge is 0.356 e. The molecule has 0 saturated carbocycles. The maximum atomic E-state index is 10.8. The Labute approximate surface area is 61.3 Å². The zero-order valence-corrected chi connectivity index (χ0v) is 6.10. The molecule has 1 rings (SSSR count). The van der Waals surface area contributed by atoms with Gasteiger partial charge in [-0.25, -0.2) is 0 Å². The number of allylic oxidation sites excluding steroid dienone is 1. The second kappa shape index (κ2) is 3.40. The molecule has 1 fully saturated rings. The van der Waals surface area contributed by atoms with Gasteiger partial charge in [-0.3, -0.25) is 4.79 Å². The van der Waals surface area contributed by atoms with Gasteiger partial charge in [-0.15, -0.1) is 6.58 Å². The Hall–Kier alpha value is -0.790. The molecule has 1 atom stereocenters. The molecule has 2 heteroatoms. The molecule has 1 amide bonds. The highest BCUT2D eigenvalue weighted by Crippen LogP contribution is 2.13. The van der Waals surface area contributed by atoms with E-state index in [-0.39, 0.29) is 5.91 Å². The van der Waals surface area contributed by atoms with Crippen molar-refractivity contribution in [1.29, 1.82) is 0 Å². The Kier molecular flexibility index (Phi) is 2.49. The van der Waals surface area contributed by atoms with Gasteiger partial charge in [-0.2, -0.15) is 0 Å². The Balaban J connectivity index is 2.40. The van der Waals surface area contributed by atoms with Gasteiger partial charge in [-0.05, 0) is 18.8 Å². The molecule has 1 aliphatic heterocycles. The summed E-state index contributed by atoms with van der Waals surface area (Å²) in [6.45, 7) is 4.53. The quantitative estimate of drug-likeness (QED) is 0.541. The fourth-order valence-corrected chi connectivity index (χ4v) is 1.18. The van der Waals surface area contributed by atoms with Gasteiger partial charge in [0.25, 0.3) is 0 Å². The van der Waals surface area contributed by atoms with Crippen molar-refractivity contribution in [3.05, 3.63) is 12.7 Å². The number of carbonyl (C=O) groups excluding carboxylic acids is 1. The summed E-state index contributed by atoms with van der Waals surface area (Å²) in [5.74, 6) is 0.725. The van der Waals surface area contributed by atoms with Gasteiger partial charge in [0.1, 0.15) is 0 Å². The molecule has 56 valence electrons. The van der Waals surface area contributed by atoms with E-state index in [0.29, 0.717) is 12.3 Å². The van der Waals surface area contributed by atoms with Crippen molar-refractivity contribution in [1.82, 2.24) is 5.32 Å².